The molecule has 22 N–H and O–H groups in total. The number of carbonyl (C=O) groups excluding carboxylic acids is 3. The molecular formula is C77H123NO41. The fourth-order valence-electron chi connectivity index (χ4n) is 21.6. The van der Waals surface area contributed by atoms with Crippen LogP contribution in [0, 0.1) is 50.2 Å². The highest BCUT2D eigenvalue weighted by Crippen LogP contribution is 2.76. The molecule has 12 fully saturated rings. The molecule has 42 nitrogen and oxygen atoms in total. The third kappa shape index (κ3) is 17.0. The number of allylic oxidation sites excluding steroid dienone is 2. The summed E-state index contributed by atoms with van der Waals surface area (Å²) in [6.45, 7) is 10.3. The van der Waals surface area contributed by atoms with Crippen LogP contribution in [0.3, 0.4) is 0 Å². The lowest BCUT2D eigenvalue weighted by molar-refractivity contribution is -0.377. The van der Waals surface area contributed by atoms with Crippen LogP contribution in [0.1, 0.15) is 114 Å². The van der Waals surface area contributed by atoms with Crippen LogP contribution in [-0.2, 0) is 94.9 Å². The summed E-state index contributed by atoms with van der Waals surface area (Å²) in [5.74, 6) is -3.91. The number of ether oxygens (including phenoxy) is 17. The molecule has 42 heteroatoms. The zero-order chi connectivity index (χ0) is 86.8. The first kappa shape index (κ1) is 93.4. The summed E-state index contributed by atoms with van der Waals surface area (Å²) in [5.41, 5.74) is -7.29. The van der Waals surface area contributed by atoms with Crippen LogP contribution in [0.25, 0.3) is 0 Å². The van der Waals surface area contributed by atoms with Crippen molar-refractivity contribution in [1.29, 1.82) is 0 Å². The van der Waals surface area contributed by atoms with Crippen LogP contribution < -0.4 is 5.32 Å². The first-order valence-electron chi connectivity index (χ1n) is 40.9. The molecule has 8 heterocycles. The zero-order valence-electron chi connectivity index (χ0n) is 67.7. The topological polar surface area (TPSA) is 645 Å². The van der Waals surface area contributed by atoms with Gasteiger partial charge in [-0.15, -0.1) is 0 Å². The highest BCUT2D eigenvalue weighted by Gasteiger charge is 2.74. The van der Waals surface area contributed by atoms with E-state index in [1.165, 1.54) is 6.92 Å². The van der Waals surface area contributed by atoms with Crippen molar-refractivity contribution in [3.8, 4) is 0 Å². The van der Waals surface area contributed by atoms with Gasteiger partial charge in [0, 0.05) is 13.8 Å². The van der Waals surface area contributed by atoms with Gasteiger partial charge in [0.2, 0.25) is 12.2 Å². The summed E-state index contributed by atoms with van der Waals surface area (Å²) in [7, 11) is 0. The highest BCUT2D eigenvalue weighted by atomic mass is 16.8. The number of amides is 1. The second-order valence-corrected chi connectivity index (χ2v) is 36.9. The van der Waals surface area contributed by atoms with Gasteiger partial charge in [-0.2, -0.15) is 0 Å². The standard InChI is InChI=1S/C77H123NO41/c1-28(81)78-44-48(92)58(117-67-52(96)49(93)47(91)36(19-79)110-67)38(25-108-63-54(98)56(34(85)22-104-63)114-64-50(94)45(89)32(83)20-105-64)111-62(44)113-43-13-14-73(7)39(72(43,5)6)12-15-74(8)40(73)11-10-30-31-16-71(3,4)41(87)18-77(31,42(88)17-75(30,74)9)70(101)119-68-60(118-66-55(99)57(35(86)23-107-66)115-69-61(100)76(102,26-80)27-109-69)53(97)59(37(112-68)24-103-29(2)82)116-65-51(95)46(90)33(84)21-106-65/h10,31-69,79-80,83-100,102H,11-27H2,1-9H3,(H,78,81)/t31-,32+,33+,34-,35+,36+,37+,38+,39-,40+,41-,42+,43-,44+,45-,46-,47+,48+,49-,50+,51+,52+,53-,54+,55+,56-,57-,58+,59+,60+,61-,62-,63-,64-,65-,66-,67-,68-,69-,73-,74+,75+,76+,77+/m0/s1. The molecule has 8 aliphatic heterocycles. The lowest BCUT2D eigenvalue weighted by Gasteiger charge is -2.72. The minimum absolute atomic E-state index is 0.0823. The molecular weight excluding hydrogens is 1590 g/mol. The van der Waals surface area contributed by atoms with Gasteiger partial charge < -0.3 is 193 Å². The molecule has 0 aromatic carbocycles. The molecule has 119 heavy (non-hydrogen) atoms. The molecule has 13 rings (SSSR count). The van der Waals surface area contributed by atoms with Gasteiger partial charge in [-0.1, -0.05) is 60.1 Å². The van der Waals surface area contributed by atoms with E-state index in [0.717, 1.165) is 12.5 Å². The number of esters is 2. The summed E-state index contributed by atoms with van der Waals surface area (Å²) < 4.78 is 102. The zero-order valence-corrected chi connectivity index (χ0v) is 67.7. The van der Waals surface area contributed by atoms with Crippen molar-refractivity contribution in [3.63, 3.8) is 0 Å². The van der Waals surface area contributed by atoms with Crippen molar-refractivity contribution >= 4 is 17.8 Å². The van der Waals surface area contributed by atoms with Crippen molar-refractivity contribution in [3.05, 3.63) is 11.6 Å². The second kappa shape index (κ2) is 35.7. The minimum atomic E-state index is -2.21. The Labute approximate surface area is 684 Å². The Morgan fingerprint density at radius 3 is 1.61 bits per heavy atom. The second-order valence-electron chi connectivity index (χ2n) is 36.9. The molecule has 0 radical (unpaired) electrons. The lowest BCUT2D eigenvalue weighted by atomic mass is 9.33. The maximum Gasteiger partial charge on any atom is 0.317 e. The van der Waals surface area contributed by atoms with Crippen LogP contribution in [0.2, 0.25) is 0 Å². The average molecular weight is 1720 g/mol. The van der Waals surface area contributed by atoms with Gasteiger partial charge >= 0.3 is 11.9 Å². The molecule has 0 unspecified atom stereocenters. The SMILES string of the molecule is CC(=O)N[C@H]1[C@H](O[C@H]2CC[C@]3(C)[C@H]4CC=C5[C@@H]6CC(C)(C)[C@@H](O)C[C@]6(C(=O)O[C@@H]6O[C@H](COC(C)=O)[C@@H](O[C@@H]7OC[C@@H](O)[C@H](O)[C@H]7O)[C@H](O)[C@H]6O[C@@H]6OC[C@@H](O)[C@H](O[C@@H]7OC[C@](O)(CO)[C@H]7O)[C@H]6O)[C@H](O)C[C@@]5(C)[C@]4(C)CC[C@H]3C2(C)C)O[C@H](CO[C@@H]2OC[C@H](O)[C@H](O[C@@H]3OC[C@@H](O)[C@H](O)[C@H]3O)[C@H]2O)[C@@H](O[C@@H]2O[C@H](CO)[C@@H](O)[C@H](O)[C@H]2O)[C@@H]1O. The molecule has 44 atom stereocenters. The summed E-state index contributed by atoms with van der Waals surface area (Å²) in [5, 5.41) is 238. The summed E-state index contributed by atoms with van der Waals surface area (Å²) in [4.78, 5) is 42.1. The van der Waals surface area contributed by atoms with Gasteiger partial charge in [0.05, 0.1) is 71.2 Å². The Morgan fingerprint density at radius 1 is 0.487 bits per heavy atom. The number of hydrogen-bond donors (Lipinski definition) is 22. The van der Waals surface area contributed by atoms with Crippen LogP contribution in [0.4, 0.5) is 0 Å². The van der Waals surface area contributed by atoms with E-state index in [4.69, 9.17) is 80.5 Å². The summed E-state index contributed by atoms with van der Waals surface area (Å²) >= 11 is 0. The number of aliphatic hydroxyl groups is 21. The van der Waals surface area contributed by atoms with Crippen LogP contribution >= 0.6 is 0 Å². The van der Waals surface area contributed by atoms with E-state index >= 15 is 4.79 Å². The van der Waals surface area contributed by atoms with Gasteiger partial charge in [0.25, 0.3) is 0 Å². The molecule has 0 spiro atoms. The van der Waals surface area contributed by atoms with Gasteiger partial charge in [-0.3, -0.25) is 14.4 Å². The number of aliphatic hydroxyl groups excluding tert-OH is 20. The van der Waals surface area contributed by atoms with Gasteiger partial charge in [0.15, 0.2) is 50.1 Å². The van der Waals surface area contributed by atoms with Crippen molar-refractivity contribution in [2.24, 2.45) is 50.2 Å². The smallest absolute Gasteiger partial charge is 0.317 e. The molecule has 0 bridgehead atoms. The van der Waals surface area contributed by atoms with Gasteiger partial charge in [-0.05, 0) is 96.2 Å². The van der Waals surface area contributed by atoms with E-state index in [1.54, 1.807) is 0 Å². The first-order valence-corrected chi connectivity index (χ1v) is 40.9. The fourth-order valence-corrected chi connectivity index (χ4v) is 21.6. The van der Waals surface area contributed by atoms with E-state index in [9.17, 15) is 117 Å². The maximum atomic E-state index is 16.2. The Kier molecular flexibility index (Phi) is 28.0. The molecule has 1 amide bonds. The predicted octanol–water partition coefficient (Wildman–Crippen LogP) is -8.89. The highest BCUT2D eigenvalue weighted by molar-refractivity contribution is 5.80. The van der Waals surface area contributed by atoms with E-state index in [2.05, 4.69) is 32.2 Å². The number of hydrogen-bond acceptors (Lipinski definition) is 41. The van der Waals surface area contributed by atoms with Crippen LogP contribution in [0.15, 0.2) is 11.6 Å². The first-order chi connectivity index (χ1) is 55.8. The van der Waals surface area contributed by atoms with E-state index < -0.39 is 349 Å². The molecule has 4 saturated carbocycles. The van der Waals surface area contributed by atoms with Crippen LogP contribution in [0.5, 0.6) is 0 Å². The number of fused-ring (bicyclic) bond motifs is 7. The summed E-state index contributed by atoms with van der Waals surface area (Å²) in [6.07, 6.45) is -57.4. The van der Waals surface area contributed by atoms with Crippen molar-refractivity contribution in [1.82, 2.24) is 5.32 Å². The van der Waals surface area contributed by atoms with E-state index in [0.29, 0.717) is 32.1 Å². The van der Waals surface area contributed by atoms with E-state index in [-0.39, 0.29) is 24.7 Å². The molecule has 5 aliphatic carbocycles. The van der Waals surface area contributed by atoms with Crippen LogP contribution in [-0.4, -0.2) is 411 Å². The molecule has 8 saturated heterocycles. The van der Waals surface area contributed by atoms with Crippen molar-refractivity contribution in [2.45, 2.75) is 340 Å². The van der Waals surface area contributed by atoms with E-state index in [1.807, 2.05) is 27.7 Å². The van der Waals surface area contributed by atoms with Crippen molar-refractivity contribution < 1.29 is 202 Å². The predicted molar refractivity (Wildman–Crippen MR) is 387 cm³/mol. The summed E-state index contributed by atoms with van der Waals surface area (Å²) in [6, 6.07) is -1.49. The molecule has 0 aromatic heterocycles. The Bertz CT molecular complexity index is 3510. The maximum absolute atomic E-state index is 16.2. The lowest BCUT2D eigenvalue weighted by Crippen LogP contribution is -2.70. The third-order valence-electron chi connectivity index (χ3n) is 28.9. The molecule has 0 aromatic rings. The number of carbonyl (C=O) groups is 3. The number of rotatable bonds is 22. The normalized spacial score (nSPS) is 52.3. The number of nitrogens with one attached hydrogen (secondary N) is 1. The Morgan fingerprint density at radius 2 is 1.02 bits per heavy atom. The quantitative estimate of drug-likeness (QED) is 0.0272. The fraction of sp³-hybridized carbons (Fsp3) is 0.935. The molecule has 682 valence electrons. The third-order valence-corrected chi connectivity index (χ3v) is 28.9. The monoisotopic (exact) mass is 1720 g/mol. The van der Waals surface area contributed by atoms with Gasteiger partial charge in [-0.25, -0.2) is 0 Å². The average Bonchev–Trinajstić information content (AvgIpc) is 0.861. The largest absolute Gasteiger partial charge is 0.463 e. The Hall–Kier alpha value is -3.29. The van der Waals surface area contributed by atoms with Gasteiger partial charge in [0.1, 0.15) is 164 Å². The van der Waals surface area contributed by atoms with Crippen molar-refractivity contribution in [2.75, 3.05) is 59.5 Å². The minimum Gasteiger partial charge on any atom is -0.463 e. The Balaban J connectivity index is 0.774. The molecule has 13 aliphatic rings.